The second-order valence-corrected chi connectivity index (χ2v) is 9.96. The lowest BCUT2D eigenvalue weighted by atomic mass is 10.0. The molecule has 1 saturated heterocycles. The van der Waals surface area contributed by atoms with Crippen LogP contribution >= 0.6 is 11.8 Å². The summed E-state index contributed by atoms with van der Waals surface area (Å²) < 4.78 is 0.352. The van der Waals surface area contributed by atoms with Crippen molar-refractivity contribution < 1.29 is 0 Å². The number of hydrogen-bond acceptors (Lipinski definition) is 3. The Hall–Kier alpha value is -1.20. The van der Waals surface area contributed by atoms with Gasteiger partial charge >= 0.3 is 0 Å². The van der Waals surface area contributed by atoms with Crippen LogP contribution in [0.3, 0.4) is 0 Å². The van der Waals surface area contributed by atoms with Gasteiger partial charge in [-0.1, -0.05) is 31.0 Å². The third kappa shape index (κ3) is 5.20. The molecule has 3 fully saturated rings. The summed E-state index contributed by atoms with van der Waals surface area (Å²) in [5, 5.41) is 7.29. The van der Waals surface area contributed by atoms with E-state index in [1.165, 1.54) is 69.4 Å². The Morgan fingerprint density at radius 1 is 1.11 bits per heavy atom. The summed E-state index contributed by atoms with van der Waals surface area (Å²) in [4.78, 5) is 8.60. The Balaban J connectivity index is 1.21. The highest BCUT2D eigenvalue weighted by molar-refractivity contribution is 8.01. The normalized spacial score (nSPS) is 24.1. The van der Waals surface area contributed by atoms with Crippen molar-refractivity contribution >= 4 is 17.7 Å². The minimum Gasteiger partial charge on any atom is -0.355 e. The van der Waals surface area contributed by atoms with Gasteiger partial charge in [0.25, 0.3) is 0 Å². The van der Waals surface area contributed by atoms with Crippen LogP contribution in [0.25, 0.3) is 0 Å². The van der Waals surface area contributed by atoms with Crippen LogP contribution in [0.1, 0.15) is 51.4 Å². The standard InChI is InChI=1S/C22H34N4S/c1-23-21(24-17-22(13-14-22)27-20-9-3-2-4-10-20)25-18-11-15-26(16-12-18)19-7-5-6-8-19/h2-4,9-10,18-19H,5-8,11-17H2,1H3,(H2,23,24,25). The molecule has 1 heterocycles. The van der Waals surface area contributed by atoms with Gasteiger partial charge in [0.2, 0.25) is 0 Å². The SMILES string of the molecule is CN=C(NCC1(Sc2ccccc2)CC1)NC1CCN(C2CCCC2)CC1. The molecule has 3 aliphatic rings. The number of benzene rings is 1. The lowest BCUT2D eigenvalue weighted by Crippen LogP contribution is -2.51. The zero-order valence-electron chi connectivity index (χ0n) is 16.6. The van der Waals surface area contributed by atoms with Crippen LogP contribution in [-0.2, 0) is 0 Å². The van der Waals surface area contributed by atoms with Crippen molar-refractivity contribution in [2.45, 2.75) is 73.1 Å². The molecule has 0 radical (unpaired) electrons. The number of thioether (sulfide) groups is 1. The largest absolute Gasteiger partial charge is 0.355 e. The van der Waals surface area contributed by atoms with Gasteiger partial charge in [-0.05, 0) is 50.7 Å². The molecule has 148 valence electrons. The fourth-order valence-corrected chi connectivity index (χ4v) is 5.75. The van der Waals surface area contributed by atoms with Gasteiger partial charge in [-0.2, -0.15) is 0 Å². The summed E-state index contributed by atoms with van der Waals surface area (Å²) in [5.41, 5.74) is 0. The number of rotatable bonds is 6. The summed E-state index contributed by atoms with van der Waals surface area (Å²) in [5.74, 6) is 0.981. The van der Waals surface area contributed by atoms with Gasteiger partial charge in [0.15, 0.2) is 5.96 Å². The first-order valence-electron chi connectivity index (χ1n) is 10.7. The van der Waals surface area contributed by atoms with Crippen molar-refractivity contribution in [2.75, 3.05) is 26.7 Å². The maximum Gasteiger partial charge on any atom is 0.191 e. The van der Waals surface area contributed by atoms with E-state index in [0.717, 1.165) is 18.5 Å². The maximum absolute atomic E-state index is 4.49. The molecule has 5 heteroatoms. The van der Waals surface area contributed by atoms with Gasteiger partial charge < -0.3 is 15.5 Å². The molecule has 0 aromatic heterocycles. The van der Waals surface area contributed by atoms with Crippen LogP contribution in [0.2, 0.25) is 0 Å². The van der Waals surface area contributed by atoms with Crippen molar-refractivity contribution in [3.05, 3.63) is 30.3 Å². The molecule has 0 atom stereocenters. The summed E-state index contributed by atoms with van der Waals surface area (Å²) in [6.45, 7) is 3.48. The lowest BCUT2D eigenvalue weighted by molar-refractivity contribution is 0.150. The van der Waals surface area contributed by atoms with Crippen molar-refractivity contribution in [3.63, 3.8) is 0 Å². The van der Waals surface area contributed by atoms with Gasteiger partial charge in [0, 0.05) is 48.4 Å². The quantitative estimate of drug-likeness (QED) is 0.575. The Labute approximate surface area is 168 Å². The topological polar surface area (TPSA) is 39.7 Å². The summed E-state index contributed by atoms with van der Waals surface area (Å²) >= 11 is 2.02. The van der Waals surface area contributed by atoms with E-state index < -0.39 is 0 Å². The molecule has 2 saturated carbocycles. The zero-order valence-corrected chi connectivity index (χ0v) is 17.4. The van der Waals surface area contributed by atoms with Gasteiger partial charge in [-0.25, -0.2) is 0 Å². The van der Waals surface area contributed by atoms with Crippen molar-refractivity contribution in [1.29, 1.82) is 0 Å². The molecule has 1 aliphatic heterocycles. The number of likely N-dealkylation sites (tertiary alicyclic amines) is 1. The Morgan fingerprint density at radius 2 is 1.81 bits per heavy atom. The number of nitrogens with one attached hydrogen (secondary N) is 2. The van der Waals surface area contributed by atoms with Crippen molar-refractivity contribution in [1.82, 2.24) is 15.5 Å². The van der Waals surface area contributed by atoms with Crippen LogP contribution in [0.4, 0.5) is 0 Å². The first kappa shape index (κ1) is 19.1. The predicted molar refractivity (Wildman–Crippen MR) is 116 cm³/mol. The monoisotopic (exact) mass is 386 g/mol. The molecular weight excluding hydrogens is 352 g/mol. The molecule has 4 nitrogen and oxygen atoms in total. The third-order valence-corrected chi connectivity index (χ3v) is 7.89. The van der Waals surface area contributed by atoms with Gasteiger partial charge in [-0.3, -0.25) is 4.99 Å². The number of piperidine rings is 1. The summed E-state index contributed by atoms with van der Waals surface area (Å²) in [7, 11) is 1.90. The molecule has 1 aromatic carbocycles. The maximum atomic E-state index is 4.49. The Morgan fingerprint density at radius 3 is 2.44 bits per heavy atom. The van der Waals surface area contributed by atoms with Gasteiger partial charge in [0.05, 0.1) is 0 Å². The first-order chi connectivity index (χ1) is 13.3. The predicted octanol–water partition coefficient (Wildman–Crippen LogP) is 3.88. The average Bonchev–Trinajstić information content (AvgIpc) is 3.25. The molecule has 2 N–H and O–H groups in total. The van der Waals surface area contributed by atoms with E-state index in [2.05, 4.69) is 50.9 Å². The summed E-state index contributed by atoms with van der Waals surface area (Å²) in [6.07, 6.45) is 10.8. The van der Waals surface area contributed by atoms with Crippen LogP contribution in [-0.4, -0.2) is 54.4 Å². The molecule has 2 aliphatic carbocycles. The molecule has 1 aromatic rings. The summed E-state index contributed by atoms with van der Waals surface area (Å²) in [6, 6.07) is 12.2. The molecule has 0 amide bonds. The van der Waals surface area contributed by atoms with E-state index in [-0.39, 0.29) is 0 Å². The number of hydrogen-bond donors (Lipinski definition) is 2. The number of aliphatic imine (C=N–C) groups is 1. The van der Waals surface area contributed by atoms with Crippen molar-refractivity contribution in [2.24, 2.45) is 4.99 Å². The van der Waals surface area contributed by atoms with Gasteiger partial charge in [-0.15, -0.1) is 11.8 Å². The average molecular weight is 387 g/mol. The molecule has 4 rings (SSSR count). The van der Waals surface area contributed by atoms with E-state index in [4.69, 9.17) is 0 Å². The Bertz CT molecular complexity index is 614. The van der Waals surface area contributed by atoms with E-state index in [9.17, 15) is 0 Å². The third-order valence-electron chi connectivity index (χ3n) is 6.40. The second-order valence-electron chi connectivity index (χ2n) is 8.42. The van der Waals surface area contributed by atoms with E-state index >= 15 is 0 Å². The molecular formula is C22H34N4S. The molecule has 0 spiro atoms. The highest BCUT2D eigenvalue weighted by Crippen LogP contribution is 2.51. The minimum absolute atomic E-state index is 0.352. The Kier molecular flexibility index (Phi) is 6.28. The van der Waals surface area contributed by atoms with E-state index in [0.29, 0.717) is 10.8 Å². The fraction of sp³-hybridized carbons (Fsp3) is 0.682. The van der Waals surface area contributed by atoms with Crippen LogP contribution < -0.4 is 10.6 Å². The van der Waals surface area contributed by atoms with Crippen LogP contribution in [0.15, 0.2) is 40.2 Å². The zero-order chi connectivity index (χ0) is 18.5. The smallest absolute Gasteiger partial charge is 0.191 e. The van der Waals surface area contributed by atoms with E-state index in [1.807, 2.05) is 18.8 Å². The van der Waals surface area contributed by atoms with E-state index in [1.54, 1.807) is 0 Å². The minimum atomic E-state index is 0.352. The lowest BCUT2D eigenvalue weighted by Gasteiger charge is -2.36. The number of nitrogens with zero attached hydrogens (tertiary/aromatic N) is 2. The molecule has 0 bridgehead atoms. The fourth-order valence-electron chi connectivity index (χ4n) is 4.50. The molecule has 27 heavy (non-hydrogen) atoms. The first-order valence-corrected chi connectivity index (χ1v) is 11.5. The number of guanidine groups is 1. The molecule has 0 unspecified atom stereocenters. The van der Waals surface area contributed by atoms with Crippen LogP contribution in [0.5, 0.6) is 0 Å². The second kappa shape index (κ2) is 8.87. The highest BCUT2D eigenvalue weighted by Gasteiger charge is 2.43. The highest BCUT2D eigenvalue weighted by atomic mass is 32.2. The van der Waals surface area contributed by atoms with Crippen LogP contribution in [0, 0.1) is 0 Å². The van der Waals surface area contributed by atoms with Gasteiger partial charge in [0.1, 0.15) is 0 Å². The van der Waals surface area contributed by atoms with Crippen molar-refractivity contribution in [3.8, 4) is 0 Å².